The van der Waals surface area contributed by atoms with Gasteiger partial charge in [-0.05, 0) is 19.9 Å². The van der Waals surface area contributed by atoms with Crippen molar-refractivity contribution in [3.05, 3.63) is 15.6 Å². The third kappa shape index (κ3) is 2.42. The van der Waals surface area contributed by atoms with E-state index >= 15 is 0 Å². The molecular weight excluding hydrogens is 246 g/mol. The molecule has 0 aromatic carbocycles. The van der Waals surface area contributed by atoms with Gasteiger partial charge < -0.3 is 10.2 Å². The van der Waals surface area contributed by atoms with Crippen LogP contribution in [0.4, 0.5) is 0 Å². The van der Waals surface area contributed by atoms with Gasteiger partial charge >= 0.3 is 0 Å². The zero-order valence-corrected chi connectivity index (χ0v) is 11.6. The summed E-state index contributed by atoms with van der Waals surface area (Å²) in [5.74, 6) is 0.0314. The van der Waals surface area contributed by atoms with Gasteiger partial charge in [0, 0.05) is 30.4 Å². The molecule has 18 heavy (non-hydrogen) atoms. The summed E-state index contributed by atoms with van der Waals surface area (Å²) in [6, 6.07) is 0.376. The van der Waals surface area contributed by atoms with Crippen molar-refractivity contribution in [2.24, 2.45) is 0 Å². The average molecular weight is 265 g/mol. The molecule has 0 bridgehead atoms. The number of thiazole rings is 1. The minimum atomic E-state index is 0.0314. The number of amides is 1. The van der Waals surface area contributed by atoms with Crippen LogP contribution in [0.15, 0.2) is 0 Å². The second-order valence-corrected chi connectivity index (χ2v) is 6.42. The molecule has 1 aromatic heterocycles. The Morgan fingerprint density at radius 2 is 2.22 bits per heavy atom. The highest BCUT2D eigenvalue weighted by Gasteiger charge is 2.23. The Bertz CT molecular complexity index is 451. The first kappa shape index (κ1) is 12.1. The molecule has 0 radical (unpaired) electrons. The lowest BCUT2D eigenvalue weighted by Gasteiger charge is -2.20. The van der Waals surface area contributed by atoms with Crippen LogP contribution in [-0.4, -0.2) is 35.4 Å². The Morgan fingerprint density at radius 3 is 3.00 bits per heavy atom. The molecule has 2 heterocycles. The van der Waals surface area contributed by atoms with Crippen LogP contribution in [0.1, 0.15) is 46.1 Å². The number of rotatable bonds is 2. The van der Waals surface area contributed by atoms with Crippen LogP contribution in [0.5, 0.6) is 0 Å². The lowest BCUT2D eigenvalue weighted by Crippen LogP contribution is -2.32. The summed E-state index contributed by atoms with van der Waals surface area (Å²) >= 11 is 1.57. The largest absolute Gasteiger partial charge is 0.347 e. The van der Waals surface area contributed by atoms with Gasteiger partial charge in [-0.15, -0.1) is 11.3 Å². The lowest BCUT2D eigenvalue weighted by molar-refractivity contribution is 0.0937. The molecule has 1 fully saturated rings. The van der Waals surface area contributed by atoms with Crippen LogP contribution in [0.25, 0.3) is 0 Å². The van der Waals surface area contributed by atoms with Crippen molar-refractivity contribution in [2.75, 3.05) is 13.6 Å². The number of fused-ring (bicyclic) bond motifs is 1. The lowest BCUT2D eigenvalue weighted by atomic mass is 10.2. The predicted molar refractivity (Wildman–Crippen MR) is 71.9 cm³/mol. The molecule has 98 valence electrons. The third-order valence-corrected chi connectivity index (χ3v) is 4.89. The normalized spacial score (nSPS) is 20.9. The molecule has 2 aliphatic rings. The van der Waals surface area contributed by atoms with Crippen molar-refractivity contribution in [1.29, 1.82) is 0 Å². The van der Waals surface area contributed by atoms with Gasteiger partial charge in [-0.25, -0.2) is 4.98 Å². The fraction of sp³-hybridized carbons (Fsp3) is 0.692. The van der Waals surface area contributed by atoms with Gasteiger partial charge in [0.05, 0.1) is 5.69 Å². The zero-order chi connectivity index (χ0) is 12.5. The Balaban J connectivity index is 1.70. The fourth-order valence-electron chi connectivity index (χ4n) is 2.74. The molecule has 0 spiro atoms. The monoisotopic (exact) mass is 265 g/mol. The van der Waals surface area contributed by atoms with Crippen LogP contribution in [0, 0.1) is 0 Å². The van der Waals surface area contributed by atoms with Crippen LogP contribution in [-0.2, 0) is 13.0 Å². The van der Waals surface area contributed by atoms with Crippen LogP contribution in [0.3, 0.4) is 0 Å². The molecule has 0 unspecified atom stereocenters. The van der Waals surface area contributed by atoms with Gasteiger partial charge in [0.2, 0.25) is 0 Å². The second kappa shape index (κ2) is 4.97. The van der Waals surface area contributed by atoms with E-state index < -0.39 is 0 Å². The van der Waals surface area contributed by atoms with E-state index in [1.54, 1.807) is 11.3 Å². The summed E-state index contributed by atoms with van der Waals surface area (Å²) in [5.41, 5.74) is 1.13. The van der Waals surface area contributed by atoms with Gasteiger partial charge in [-0.1, -0.05) is 12.8 Å². The van der Waals surface area contributed by atoms with Crippen molar-refractivity contribution in [3.63, 3.8) is 0 Å². The molecule has 1 aromatic rings. The van der Waals surface area contributed by atoms with E-state index in [-0.39, 0.29) is 5.91 Å². The highest BCUT2D eigenvalue weighted by molar-refractivity contribution is 7.13. The molecule has 0 atom stereocenters. The Kier molecular flexibility index (Phi) is 3.35. The summed E-state index contributed by atoms with van der Waals surface area (Å²) in [5, 5.41) is 3.77. The molecule has 1 saturated carbocycles. The van der Waals surface area contributed by atoms with E-state index in [0.717, 1.165) is 38.0 Å². The van der Waals surface area contributed by atoms with Crippen molar-refractivity contribution in [2.45, 2.75) is 44.7 Å². The Labute approximate surface area is 111 Å². The molecule has 1 aliphatic carbocycles. The number of likely N-dealkylation sites (N-methyl/N-ethyl adjacent to an activating group) is 1. The highest BCUT2D eigenvalue weighted by atomic mass is 32.1. The number of nitrogens with one attached hydrogen (secondary N) is 1. The smallest absolute Gasteiger partial charge is 0.280 e. The number of aromatic nitrogens is 1. The van der Waals surface area contributed by atoms with E-state index in [1.807, 2.05) is 0 Å². The number of nitrogens with zero attached hydrogens (tertiary/aromatic N) is 2. The highest BCUT2D eigenvalue weighted by Crippen LogP contribution is 2.25. The second-order valence-electron chi connectivity index (χ2n) is 5.33. The van der Waals surface area contributed by atoms with E-state index in [4.69, 9.17) is 0 Å². The minimum Gasteiger partial charge on any atom is -0.347 e. The number of hydrogen-bond donors (Lipinski definition) is 1. The molecule has 5 heteroatoms. The van der Waals surface area contributed by atoms with Crippen LogP contribution >= 0.6 is 11.3 Å². The molecule has 1 N–H and O–H groups in total. The molecule has 0 saturated heterocycles. The quantitative estimate of drug-likeness (QED) is 0.887. The maximum Gasteiger partial charge on any atom is 0.280 e. The first-order chi connectivity index (χ1) is 8.72. The number of carbonyl (C=O) groups is 1. The van der Waals surface area contributed by atoms with Gasteiger partial charge in [0.15, 0.2) is 5.01 Å². The zero-order valence-electron chi connectivity index (χ0n) is 10.7. The summed E-state index contributed by atoms with van der Waals surface area (Å²) in [4.78, 5) is 20.2. The predicted octanol–water partition coefficient (Wildman–Crippen LogP) is 1.80. The van der Waals surface area contributed by atoms with Crippen LogP contribution in [0.2, 0.25) is 0 Å². The molecular formula is C13H19N3OS. The summed E-state index contributed by atoms with van der Waals surface area (Å²) in [6.07, 6.45) is 5.70. The van der Waals surface area contributed by atoms with Crippen molar-refractivity contribution < 1.29 is 4.79 Å². The van der Waals surface area contributed by atoms with E-state index in [9.17, 15) is 4.79 Å². The van der Waals surface area contributed by atoms with Crippen molar-refractivity contribution in [3.8, 4) is 0 Å². The maximum absolute atomic E-state index is 12.1. The SMILES string of the molecule is CN1CCc2nc(C(=O)NC3CCCC3)sc2C1. The van der Waals surface area contributed by atoms with Gasteiger partial charge in [0.1, 0.15) is 0 Å². The Morgan fingerprint density at radius 1 is 1.44 bits per heavy atom. The Hall–Kier alpha value is -0.940. The number of hydrogen-bond acceptors (Lipinski definition) is 4. The van der Waals surface area contributed by atoms with Gasteiger partial charge in [0.25, 0.3) is 5.91 Å². The minimum absolute atomic E-state index is 0.0314. The molecule has 1 amide bonds. The fourth-order valence-corrected chi connectivity index (χ4v) is 3.83. The summed E-state index contributed by atoms with van der Waals surface area (Å²) in [6.45, 7) is 1.98. The van der Waals surface area contributed by atoms with Gasteiger partial charge in [-0.3, -0.25) is 4.79 Å². The van der Waals surface area contributed by atoms with Gasteiger partial charge in [-0.2, -0.15) is 0 Å². The van der Waals surface area contributed by atoms with Crippen molar-refractivity contribution >= 4 is 17.2 Å². The third-order valence-electron chi connectivity index (χ3n) is 3.81. The number of carbonyl (C=O) groups excluding carboxylic acids is 1. The van der Waals surface area contributed by atoms with Crippen LogP contribution < -0.4 is 5.32 Å². The van der Waals surface area contributed by atoms with Crippen molar-refractivity contribution in [1.82, 2.24) is 15.2 Å². The standard InChI is InChI=1S/C13H19N3OS/c1-16-7-6-10-11(8-16)18-13(15-10)12(17)14-9-4-2-3-5-9/h9H,2-8H2,1H3,(H,14,17). The summed E-state index contributed by atoms with van der Waals surface area (Å²) in [7, 11) is 2.11. The van der Waals surface area contributed by atoms with E-state index in [1.165, 1.54) is 17.7 Å². The average Bonchev–Trinajstić information content (AvgIpc) is 2.96. The van der Waals surface area contributed by atoms with E-state index in [0.29, 0.717) is 11.0 Å². The molecule has 1 aliphatic heterocycles. The van der Waals surface area contributed by atoms with E-state index in [2.05, 4.69) is 22.2 Å². The first-order valence-corrected chi connectivity index (χ1v) is 7.52. The topological polar surface area (TPSA) is 45.2 Å². The maximum atomic E-state index is 12.1. The first-order valence-electron chi connectivity index (χ1n) is 6.70. The molecule has 4 nitrogen and oxygen atoms in total. The summed E-state index contributed by atoms with van der Waals surface area (Å²) < 4.78 is 0. The molecule has 3 rings (SSSR count).